The molecule has 4 atom stereocenters. The van der Waals surface area contributed by atoms with Crippen molar-refractivity contribution in [2.75, 3.05) is 13.1 Å². The van der Waals surface area contributed by atoms with Crippen LogP contribution < -0.4 is 16.0 Å². The Balaban J connectivity index is 1.93. The topological polar surface area (TPSA) is 53.2 Å². The molecule has 3 unspecified atom stereocenters. The molecule has 0 aromatic heterocycles. The summed E-state index contributed by atoms with van der Waals surface area (Å²) in [6.45, 7) is 5.58. The number of alkyl halides is 3. The Morgan fingerprint density at radius 1 is 1.41 bits per heavy atom. The van der Waals surface area contributed by atoms with Crippen molar-refractivity contribution in [1.82, 2.24) is 16.0 Å². The highest BCUT2D eigenvalue weighted by molar-refractivity contribution is 7.81. The number of hydrogen-bond acceptors (Lipinski definition) is 4. The molecular formula is C19H28F3N3OS. The largest absolute Gasteiger partial charge is 0.416 e. The van der Waals surface area contributed by atoms with E-state index >= 15 is 0 Å². The lowest BCUT2D eigenvalue weighted by atomic mass is 9.97. The Kier molecular flexibility index (Phi) is 8.00. The normalized spacial score (nSPS) is 22.4. The number of hydrogen-bond donors (Lipinski definition) is 4. The summed E-state index contributed by atoms with van der Waals surface area (Å²) in [4.78, 5) is 12.6. The van der Waals surface area contributed by atoms with Crippen LogP contribution in [0.15, 0.2) is 24.3 Å². The predicted molar refractivity (Wildman–Crippen MR) is 104 cm³/mol. The molecule has 0 radical (unpaired) electrons. The van der Waals surface area contributed by atoms with E-state index in [4.69, 9.17) is 0 Å². The molecule has 1 amide bonds. The molecule has 1 aromatic carbocycles. The maximum Gasteiger partial charge on any atom is 0.416 e. The Labute approximate surface area is 164 Å². The molecule has 1 fully saturated rings. The van der Waals surface area contributed by atoms with Crippen LogP contribution in [0.25, 0.3) is 0 Å². The SMILES string of the molecule is CCC(C)[C@H](NCC1CC(S)CN1)C(=O)NCc1cccc(C(F)(F)F)c1. The van der Waals surface area contributed by atoms with Crippen LogP contribution in [0.1, 0.15) is 37.8 Å². The van der Waals surface area contributed by atoms with E-state index in [1.165, 1.54) is 6.07 Å². The molecule has 0 bridgehead atoms. The van der Waals surface area contributed by atoms with E-state index in [2.05, 4.69) is 28.6 Å². The van der Waals surface area contributed by atoms with E-state index in [-0.39, 0.29) is 30.5 Å². The lowest BCUT2D eigenvalue weighted by Gasteiger charge is -2.25. The number of amides is 1. The van der Waals surface area contributed by atoms with Gasteiger partial charge >= 0.3 is 6.18 Å². The average Bonchev–Trinajstić information content (AvgIpc) is 3.04. The third kappa shape index (κ3) is 6.69. The number of carbonyl (C=O) groups is 1. The molecule has 3 N–H and O–H groups in total. The molecule has 1 saturated heterocycles. The van der Waals surface area contributed by atoms with Crippen LogP contribution in [-0.4, -0.2) is 36.3 Å². The highest BCUT2D eigenvalue weighted by Crippen LogP contribution is 2.29. The summed E-state index contributed by atoms with van der Waals surface area (Å²) < 4.78 is 38.4. The molecule has 0 spiro atoms. The molecule has 0 aliphatic carbocycles. The van der Waals surface area contributed by atoms with Crippen LogP contribution >= 0.6 is 12.6 Å². The van der Waals surface area contributed by atoms with Crippen LogP contribution in [0.5, 0.6) is 0 Å². The number of thiol groups is 1. The lowest BCUT2D eigenvalue weighted by molar-refractivity contribution is -0.137. The van der Waals surface area contributed by atoms with E-state index in [1.54, 1.807) is 6.07 Å². The second-order valence-electron chi connectivity index (χ2n) is 7.18. The predicted octanol–water partition coefficient (Wildman–Crippen LogP) is 2.99. The zero-order valence-corrected chi connectivity index (χ0v) is 16.5. The minimum absolute atomic E-state index is 0.0672. The minimum atomic E-state index is -4.39. The van der Waals surface area contributed by atoms with Crippen LogP contribution in [0.3, 0.4) is 0 Å². The van der Waals surface area contributed by atoms with E-state index in [9.17, 15) is 18.0 Å². The number of halogens is 3. The summed E-state index contributed by atoms with van der Waals surface area (Å²) in [5, 5.41) is 9.77. The Hall–Kier alpha value is -1.25. The van der Waals surface area contributed by atoms with E-state index in [1.807, 2.05) is 13.8 Å². The van der Waals surface area contributed by atoms with Gasteiger partial charge in [-0.05, 0) is 30.0 Å². The molecule has 4 nitrogen and oxygen atoms in total. The van der Waals surface area contributed by atoms with Crippen molar-refractivity contribution in [1.29, 1.82) is 0 Å². The Morgan fingerprint density at radius 3 is 2.74 bits per heavy atom. The number of nitrogens with one attached hydrogen (secondary N) is 3. The molecule has 1 aliphatic rings. The first-order valence-electron chi connectivity index (χ1n) is 9.29. The van der Waals surface area contributed by atoms with Gasteiger partial charge in [0.2, 0.25) is 5.91 Å². The molecular weight excluding hydrogens is 375 g/mol. The Morgan fingerprint density at radius 2 is 2.15 bits per heavy atom. The maximum atomic E-state index is 12.8. The summed E-state index contributed by atoms with van der Waals surface area (Å²) in [7, 11) is 0. The van der Waals surface area contributed by atoms with Gasteiger partial charge in [-0.15, -0.1) is 0 Å². The van der Waals surface area contributed by atoms with Crippen molar-refractivity contribution in [2.45, 2.75) is 56.7 Å². The van der Waals surface area contributed by atoms with Gasteiger partial charge in [-0.1, -0.05) is 32.4 Å². The first-order valence-corrected chi connectivity index (χ1v) is 9.81. The van der Waals surface area contributed by atoms with E-state index in [0.29, 0.717) is 17.4 Å². The zero-order chi connectivity index (χ0) is 20.0. The second-order valence-corrected chi connectivity index (χ2v) is 7.91. The fraction of sp³-hybridized carbons (Fsp3) is 0.632. The molecule has 1 heterocycles. The summed E-state index contributed by atoms with van der Waals surface area (Å²) >= 11 is 4.45. The maximum absolute atomic E-state index is 12.8. The summed E-state index contributed by atoms with van der Waals surface area (Å²) in [5.74, 6) is -0.0816. The highest BCUT2D eigenvalue weighted by Gasteiger charge is 2.30. The van der Waals surface area contributed by atoms with Crippen molar-refractivity contribution in [3.8, 4) is 0 Å². The van der Waals surface area contributed by atoms with Gasteiger partial charge in [-0.2, -0.15) is 25.8 Å². The first-order chi connectivity index (χ1) is 12.7. The number of rotatable bonds is 8. The van der Waals surface area contributed by atoms with Gasteiger partial charge in [0.15, 0.2) is 0 Å². The summed E-state index contributed by atoms with van der Waals surface area (Å²) in [6.07, 6.45) is -2.63. The quantitative estimate of drug-likeness (QED) is 0.505. The van der Waals surface area contributed by atoms with E-state index < -0.39 is 11.7 Å². The van der Waals surface area contributed by atoms with Crippen LogP contribution in [0.4, 0.5) is 13.2 Å². The van der Waals surface area contributed by atoms with Gasteiger partial charge in [0.05, 0.1) is 11.6 Å². The van der Waals surface area contributed by atoms with Crippen molar-refractivity contribution in [2.24, 2.45) is 5.92 Å². The summed E-state index contributed by atoms with van der Waals surface area (Å²) in [5.41, 5.74) is -0.282. The standard InChI is InChI=1S/C19H28F3N3OS/c1-3-12(2)17(24-10-15-8-16(27)11-23-15)18(26)25-9-13-5-4-6-14(7-13)19(20,21)22/h4-7,12,15-17,23-24,27H,3,8-11H2,1-2H3,(H,25,26)/t12?,15?,16?,17-/m0/s1. The fourth-order valence-electron chi connectivity index (χ4n) is 3.17. The highest BCUT2D eigenvalue weighted by atomic mass is 32.1. The van der Waals surface area contributed by atoms with Gasteiger partial charge in [-0.25, -0.2) is 0 Å². The molecule has 1 aromatic rings. The molecule has 0 saturated carbocycles. The third-order valence-corrected chi connectivity index (χ3v) is 5.39. The smallest absolute Gasteiger partial charge is 0.351 e. The number of benzene rings is 1. The molecule has 8 heteroatoms. The van der Waals surface area contributed by atoms with Crippen molar-refractivity contribution in [3.63, 3.8) is 0 Å². The third-order valence-electron chi connectivity index (χ3n) is 5.00. The number of carbonyl (C=O) groups excluding carboxylic acids is 1. The van der Waals surface area contributed by atoms with E-state index in [0.717, 1.165) is 31.5 Å². The fourth-order valence-corrected chi connectivity index (χ4v) is 3.53. The van der Waals surface area contributed by atoms with Gasteiger partial charge in [0.25, 0.3) is 0 Å². The minimum Gasteiger partial charge on any atom is -0.351 e. The summed E-state index contributed by atoms with van der Waals surface area (Å²) in [6, 6.07) is 4.92. The van der Waals surface area contributed by atoms with Crippen molar-refractivity contribution >= 4 is 18.5 Å². The van der Waals surface area contributed by atoms with Gasteiger partial charge < -0.3 is 16.0 Å². The lowest BCUT2D eigenvalue weighted by Crippen LogP contribution is -2.50. The average molecular weight is 404 g/mol. The molecule has 27 heavy (non-hydrogen) atoms. The molecule has 1 aliphatic heterocycles. The van der Waals surface area contributed by atoms with Gasteiger partial charge in [0.1, 0.15) is 0 Å². The van der Waals surface area contributed by atoms with Crippen molar-refractivity contribution in [3.05, 3.63) is 35.4 Å². The van der Waals surface area contributed by atoms with Crippen LogP contribution in [0.2, 0.25) is 0 Å². The van der Waals surface area contributed by atoms with Crippen LogP contribution in [0, 0.1) is 5.92 Å². The van der Waals surface area contributed by atoms with Crippen LogP contribution in [-0.2, 0) is 17.5 Å². The van der Waals surface area contributed by atoms with Gasteiger partial charge in [0, 0.05) is 30.9 Å². The zero-order valence-electron chi connectivity index (χ0n) is 15.6. The molecule has 2 rings (SSSR count). The van der Waals surface area contributed by atoms with Gasteiger partial charge in [-0.3, -0.25) is 4.79 Å². The Bertz CT molecular complexity index is 626. The molecule has 152 valence electrons. The monoisotopic (exact) mass is 403 g/mol. The second kappa shape index (κ2) is 9.80. The first kappa shape index (κ1) is 22.0. The van der Waals surface area contributed by atoms with Crippen molar-refractivity contribution < 1.29 is 18.0 Å².